The molecule has 0 saturated carbocycles. The molecule has 0 saturated heterocycles. The van der Waals surface area contributed by atoms with E-state index in [1.165, 1.54) is 17.0 Å². The van der Waals surface area contributed by atoms with Crippen molar-refractivity contribution >= 4 is 39.1 Å². The number of hydrogen-bond acceptors (Lipinski definition) is 4. The molecule has 1 unspecified atom stereocenters. The Labute approximate surface area is 249 Å². The van der Waals surface area contributed by atoms with Crippen LogP contribution in [-0.4, -0.2) is 43.3 Å². The predicted molar refractivity (Wildman–Crippen MR) is 165 cm³/mol. The smallest absolute Gasteiger partial charge is 0.264 e. The fourth-order valence-electron chi connectivity index (χ4n) is 4.43. The number of carbonyl (C=O) groups excluding carboxylic acids is 2. The summed E-state index contributed by atoms with van der Waals surface area (Å²) in [5.74, 6) is -0.546. The highest BCUT2D eigenvalue weighted by molar-refractivity contribution is 7.92. The molecule has 0 aliphatic rings. The number of amides is 2. The molecule has 1 N–H and O–H groups in total. The third-order valence-corrected chi connectivity index (χ3v) is 8.65. The summed E-state index contributed by atoms with van der Waals surface area (Å²) < 4.78 is 29.0. The molecule has 0 spiro atoms. The summed E-state index contributed by atoms with van der Waals surface area (Å²) >= 11 is 6.08. The molecule has 3 aromatic rings. The number of nitrogens with one attached hydrogen (secondary N) is 1. The average Bonchev–Trinajstić information content (AvgIpc) is 2.92. The monoisotopic (exact) mass is 597 g/mol. The fraction of sp³-hybridized carbons (Fsp3) is 0.375. The first-order chi connectivity index (χ1) is 19.2. The lowest BCUT2D eigenvalue weighted by molar-refractivity contribution is -0.141. The first-order valence-corrected chi connectivity index (χ1v) is 15.6. The van der Waals surface area contributed by atoms with Gasteiger partial charge < -0.3 is 10.2 Å². The number of sulfonamides is 1. The van der Waals surface area contributed by atoms with Gasteiger partial charge in [-0.1, -0.05) is 74.8 Å². The molecule has 41 heavy (non-hydrogen) atoms. The van der Waals surface area contributed by atoms with Crippen LogP contribution in [0.25, 0.3) is 0 Å². The van der Waals surface area contributed by atoms with Crippen LogP contribution in [0.1, 0.15) is 65.0 Å². The number of rotatable bonds is 11. The second-order valence-electron chi connectivity index (χ2n) is 11.4. The van der Waals surface area contributed by atoms with E-state index < -0.39 is 34.1 Å². The minimum Gasteiger partial charge on any atom is -0.350 e. The lowest BCUT2D eigenvalue weighted by Crippen LogP contribution is -2.55. The number of nitrogens with zero attached hydrogens (tertiary/aromatic N) is 2. The van der Waals surface area contributed by atoms with Crippen molar-refractivity contribution < 1.29 is 18.0 Å². The van der Waals surface area contributed by atoms with Crippen molar-refractivity contribution in [3.63, 3.8) is 0 Å². The molecule has 0 aliphatic heterocycles. The van der Waals surface area contributed by atoms with E-state index >= 15 is 0 Å². The largest absolute Gasteiger partial charge is 0.350 e. The van der Waals surface area contributed by atoms with Crippen LogP contribution in [0.3, 0.4) is 0 Å². The summed E-state index contributed by atoms with van der Waals surface area (Å²) in [7, 11) is -4.11. The highest BCUT2D eigenvalue weighted by atomic mass is 35.5. The van der Waals surface area contributed by atoms with Crippen LogP contribution in [0.2, 0.25) is 5.02 Å². The highest BCUT2D eigenvalue weighted by Gasteiger charge is 2.34. The summed E-state index contributed by atoms with van der Waals surface area (Å²) in [6.45, 7) is 11.2. The lowest BCUT2D eigenvalue weighted by atomic mass is 10.0. The van der Waals surface area contributed by atoms with Gasteiger partial charge in [0.2, 0.25) is 11.8 Å². The number of benzene rings is 3. The van der Waals surface area contributed by atoms with E-state index in [4.69, 9.17) is 11.6 Å². The van der Waals surface area contributed by atoms with Crippen molar-refractivity contribution in [3.05, 3.63) is 95.0 Å². The summed E-state index contributed by atoms with van der Waals surface area (Å²) in [4.78, 5) is 29.1. The third-order valence-electron chi connectivity index (χ3n) is 6.61. The molecule has 0 aromatic heterocycles. The van der Waals surface area contributed by atoms with E-state index in [-0.39, 0.29) is 23.3 Å². The van der Waals surface area contributed by atoms with E-state index in [1.54, 1.807) is 54.6 Å². The van der Waals surface area contributed by atoms with Gasteiger partial charge in [-0.2, -0.15) is 0 Å². The SMILES string of the molecule is CCC(C(=O)NC(C)(C)C)N(Cc1ccc(Cl)cc1)C(=O)CN(c1ccc(C(C)C)cc1)S(=O)(=O)c1ccccc1. The maximum atomic E-state index is 14.1. The second kappa shape index (κ2) is 13.5. The highest BCUT2D eigenvalue weighted by Crippen LogP contribution is 2.27. The molecule has 1 atom stereocenters. The van der Waals surface area contributed by atoms with Gasteiger partial charge in [0.15, 0.2) is 0 Å². The second-order valence-corrected chi connectivity index (χ2v) is 13.7. The fourth-order valence-corrected chi connectivity index (χ4v) is 5.99. The maximum absolute atomic E-state index is 14.1. The number of halogens is 1. The van der Waals surface area contributed by atoms with Gasteiger partial charge in [-0.05, 0) is 80.6 Å². The Bertz CT molecular complexity index is 1420. The Morgan fingerprint density at radius 3 is 2.00 bits per heavy atom. The molecule has 0 fully saturated rings. The molecule has 220 valence electrons. The van der Waals surface area contributed by atoms with Crippen molar-refractivity contribution in [2.75, 3.05) is 10.8 Å². The Kier molecular flexibility index (Phi) is 10.6. The lowest BCUT2D eigenvalue weighted by Gasteiger charge is -2.34. The zero-order valence-corrected chi connectivity index (χ0v) is 26.2. The Balaban J connectivity index is 2.07. The van der Waals surface area contributed by atoms with Gasteiger partial charge in [0.25, 0.3) is 10.0 Å². The molecular formula is C32H40ClN3O4S. The van der Waals surface area contributed by atoms with Crippen LogP contribution in [0.15, 0.2) is 83.8 Å². The van der Waals surface area contributed by atoms with Crippen molar-refractivity contribution in [1.82, 2.24) is 10.2 Å². The molecule has 0 bridgehead atoms. The Morgan fingerprint density at radius 2 is 1.49 bits per heavy atom. The molecule has 3 rings (SSSR count). The quantitative estimate of drug-likeness (QED) is 0.278. The van der Waals surface area contributed by atoms with Crippen molar-refractivity contribution in [3.8, 4) is 0 Å². The maximum Gasteiger partial charge on any atom is 0.264 e. The minimum absolute atomic E-state index is 0.0718. The zero-order valence-electron chi connectivity index (χ0n) is 24.6. The van der Waals surface area contributed by atoms with Crippen LogP contribution in [0.5, 0.6) is 0 Å². The van der Waals surface area contributed by atoms with Gasteiger partial charge in [-0.3, -0.25) is 13.9 Å². The first kappa shape index (κ1) is 32.2. The van der Waals surface area contributed by atoms with Gasteiger partial charge in [0, 0.05) is 17.1 Å². The van der Waals surface area contributed by atoms with Gasteiger partial charge in [0.05, 0.1) is 10.6 Å². The van der Waals surface area contributed by atoms with Crippen molar-refractivity contribution in [2.45, 2.75) is 76.9 Å². The zero-order chi connectivity index (χ0) is 30.4. The van der Waals surface area contributed by atoms with E-state index in [9.17, 15) is 18.0 Å². The van der Waals surface area contributed by atoms with Crippen LogP contribution in [0, 0.1) is 0 Å². The molecule has 9 heteroatoms. The van der Waals surface area contributed by atoms with Gasteiger partial charge in [-0.15, -0.1) is 0 Å². The van der Waals surface area contributed by atoms with Gasteiger partial charge >= 0.3 is 0 Å². The Morgan fingerprint density at radius 1 is 0.902 bits per heavy atom. The predicted octanol–water partition coefficient (Wildman–Crippen LogP) is 6.38. The van der Waals surface area contributed by atoms with E-state index in [2.05, 4.69) is 19.2 Å². The minimum atomic E-state index is -4.11. The first-order valence-electron chi connectivity index (χ1n) is 13.8. The number of anilines is 1. The number of hydrogen-bond donors (Lipinski definition) is 1. The Hall–Kier alpha value is -3.36. The van der Waals surface area contributed by atoms with E-state index in [0.29, 0.717) is 17.1 Å². The van der Waals surface area contributed by atoms with Gasteiger partial charge in [0.1, 0.15) is 12.6 Å². The molecule has 0 aliphatic carbocycles. The van der Waals surface area contributed by atoms with Crippen LogP contribution in [0.4, 0.5) is 5.69 Å². The standard InChI is InChI=1S/C32H40ClN3O4S/c1-7-29(31(38)34-32(4,5)6)35(21-24-13-17-26(33)18-14-24)30(37)22-36(27-19-15-25(16-20-27)23(2)3)41(39,40)28-11-9-8-10-12-28/h8-20,23,29H,7,21-22H2,1-6H3,(H,34,38). The molecular weight excluding hydrogens is 558 g/mol. The van der Waals surface area contributed by atoms with E-state index in [0.717, 1.165) is 15.4 Å². The summed E-state index contributed by atoms with van der Waals surface area (Å²) in [6, 6.07) is 21.4. The summed E-state index contributed by atoms with van der Waals surface area (Å²) in [5, 5.41) is 3.52. The summed E-state index contributed by atoms with van der Waals surface area (Å²) in [5.41, 5.74) is 1.67. The topological polar surface area (TPSA) is 86.8 Å². The van der Waals surface area contributed by atoms with Crippen molar-refractivity contribution in [1.29, 1.82) is 0 Å². The normalized spacial score (nSPS) is 12.6. The summed E-state index contributed by atoms with van der Waals surface area (Å²) in [6.07, 6.45) is 0.343. The molecule has 0 radical (unpaired) electrons. The van der Waals surface area contributed by atoms with Crippen molar-refractivity contribution in [2.24, 2.45) is 0 Å². The molecule has 2 amide bonds. The molecule has 0 heterocycles. The van der Waals surface area contributed by atoms with Crippen LogP contribution < -0.4 is 9.62 Å². The molecule has 3 aromatic carbocycles. The third kappa shape index (κ3) is 8.57. The van der Waals surface area contributed by atoms with Crippen LogP contribution >= 0.6 is 11.6 Å². The van der Waals surface area contributed by atoms with Crippen LogP contribution in [-0.2, 0) is 26.2 Å². The van der Waals surface area contributed by atoms with Gasteiger partial charge in [-0.25, -0.2) is 8.42 Å². The number of carbonyl (C=O) groups is 2. The molecule has 7 nitrogen and oxygen atoms in total. The average molecular weight is 598 g/mol. The van der Waals surface area contributed by atoms with E-state index in [1.807, 2.05) is 39.8 Å².